The highest BCUT2D eigenvalue weighted by atomic mass is 16.6. The van der Waals surface area contributed by atoms with Crippen LogP contribution in [-0.4, -0.2) is 35.5 Å². The van der Waals surface area contributed by atoms with Crippen molar-refractivity contribution in [3.8, 4) is 0 Å². The molecule has 0 saturated carbocycles. The molecular weight excluding hydrogens is 290 g/mol. The van der Waals surface area contributed by atoms with Crippen molar-refractivity contribution in [2.75, 3.05) is 13.1 Å². The second-order valence-corrected chi connectivity index (χ2v) is 6.89. The standard InChI is InChI=1S/C19H25NO3/c1-19(2,3)23-18(22)20-13-11-15(12-14-20)9-10-17(21)16-7-5-4-6-8-16/h4-10,15H,11-14H2,1-3H3. The molecule has 23 heavy (non-hydrogen) atoms. The van der Waals surface area contributed by atoms with Gasteiger partial charge in [-0.2, -0.15) is 0 Å². The third-order valence-corrected chi connectivity index (χ3v) is 3.77. The Morgan fingerprint density at radius 3 is 2.30 bits per heavy atom. The lowest BCUT2D eigenvalue weighted by Crippen LogP contribution is -2.41. The van der Waals surface area contributed by atoms with Gasteiger partial charge in [-0.25, -0.2) is 4.79 Å². The molecule has 0 unspecified atom stereocenters. The summed E-state index contributed by atoms with van der Waals surface area (Å²) in [5.74, 6) is 0.363. The molecule has 1 aromatic rings. The summed E-state index contributed by atoms with van der Waals surface area (Å²) in [7, 11) is 0. The highest BCUT2D eigenvalue weighted by Crippen LogP contribution is 2.21. The Kier molecular flexibility index (Phi) is 5.59. The molecule has 0 spiro atoms. The first kappa shape index (κ1) is 17.3. The predicted octanol–water partition coefficient (Wildman–Crippen LogP) is 4.07. The molecule has 1 heterocycles. The Balaban J connectivity index is 1.82. The van der Waals surface area contributed by atoms with E-state index in [0.29, 0.717) is 24.6 Å². The average Bonchev–Trinajstić information content (AvgIpc) is 2.52. The lowest BCUT2D eigenvalue weighted by molar-refractivity contribution is 0.0197. The first-order valence-corrected chi connectivity index (χ1v) is 8.11. The van der Waals surface area contributed by atoms with Crippen molar-refractivity contribution in [2.45, 2.75) is 39.2 Å². The Hall–Kier alpha value is -2.10. The van der Waals surface area contributed by atoms with Gasteiger partial charge in [-0.1, -0.05) is 36.4 Å². The zero-order valence-electron chi connectivity index (χ0n) is 14.1. The lowest BCUT2D eigenvalue weighted by Gasteiger charge is -2.32. The van der Waals surface area contributed by atoms with Gasteiger partial charge in [0.05, 0.1) is 0 Å². The Morgan fingerprint density at radius 2 is 1.74 bits per heavy atom. The summed E-state index contributed by atoms with van der Waals surface area (Å²) in [6, 6.07) is 9.25. The number of carbonyl (C=O) groups is 2. The van der Waals surface area contributed by atoms with Crippen LogP contribution in [0.3, 0.4) is 0 Å². The van der Waals surface area contributed by atoms with Gasteiger partial charge in [0.1, 0.15) is 5.60 Å². The van der Waals surface area contributed by atoms with Gasteiger partial charge in [0.2, 0.25) is 0 Å². The Labute approximate surface area is 138 Å². The number of carbonyl (C=O) groups excluding carboxylic acids is 2. The van der Waals surface area contributed by atoms with E-state index in [4.69, 9.17) is 4.74 Å². The molecule has 4 heteroatoms. The number of allylic oxidation sites excluding steroid dienone is 2. The van der Waals surface area contributed by atoms with Gasteiger partial charge in [0, 0.05) is 18.7 Å². The maximum Gasteiger partial charge on any atom is 0.410 e. The summed E-state index contributed by atoms with van der Waals surface area (Å²) in [6.45, 7) is 6.95. The molecule has 0 atom stereocenters. The van der Waals surface area contributed by atoms with Crippen molar-refractivity contribution in [3.63, 3.8) is 0 Å². The number of amides is 1. The van der Waals surface area contributed by atoms with E-state index < -0.39 is 5.60 Å². The molecule has 0 bridgehead atoms. The van der Waals surface area contributed by atoms with Crippen LogP contribution in [0.15, 0.2) is 42.5 Å². The van der Waals surface area contributed by atoms with Gasteiger partial charge < -0.3 is 9.64 Å². The number of hydrogen-bond acceptors (Lipinski definition) is 3. The summed E-state index contributed by atoms with van der Waals surface area (Å²) < 4.78 is 5.38. The molecule has 1 aromatic carbocycles. The lowest BCUT2D eigenvalue weighted by atomic mass is 9.95. The van der Waals surface area contributed by atoms with Crippen molar-refractivity contribution >= 4 is 11.9 Å². The number of benzene rings is 1. The largest absolute Gasteiger partial charge is 0.444 e. The SMILES string of the molecule is CC(C)(C)OC(=O)N1CCC(C=CC(=O)c2ccccc2)CC1. The summed E-state index contributed by atoms with van der Waals surface area (Å²) in [6.07, 6.45) is 5.10. The molecule has 0 radical (unpaired) electrons. The topological polar surface area (TPSA) is 46.6 Å². The maximum absolute atomic E-state index is 12.0. The molecule has 124 valence electrons. The minimum Gasteiger partial charge on any atom is -0.444 e. The van der Waals surface area contributed by atoms with Crippen LogP contribution in [0.4, 0.5) is 4.79 Å². The maximum atomic E-state index is 12.0. The molecule has 0 aromatic heterocycles. The predicted molar refractivity (Wildman–Crippen MR) is 90.4 cm³/mol. The monoisotopic (exact) mass is 315 g/mol. The van der Waals surface area contributed by atoms with E-state index in [2.05, 4.69) is 0 Å². The van der Waals surface area contributed by atoms with Crippen LogP contribution >= 0.6 is 0 Å². The van der Waals surface area contributed by atoms with Gasteiger partial charge in [0.15, 0.2) is 5.78 Å². The van der Waals surface area contributed by atoms with Crippen LogP contribution in [-0.2, 0) is 4.74 Å². The van der Waals surface area contributed by atoms with E-state index in [1.165, 1.54) is 0 Å². The van der Waals surface area contributed by atoms with Crippen LogP contribution < -0.4 is 0 Å². The molecule has 2 rings (SSSR count). The smallest absolute Gasteiger partial charge is 0.410 e. The fourth-order valence-electron chi connectivity index (χ4n) is 2.52. The molecule has 1 saturated heterocycles. The number of ether oxygens (including phenoxy) is 1. The molecular formula is C19H25NO3. The normalized spacial score (nSPS) is 16.6. The van der Waals surface area contributed by atoms with E-state index in [-0.39, 0.29) is 11.9 Å². The number of rotatable bonds is 3. The summed E-state index contributed by atoms with van der Waals surface area (Å²) in [5, 5.41) is 0. The van der Waals surface area contributed by atoms with Crippen molar-refractivity contribution in [2.24, 2.45) is 5.92 Å². The summed E-state index contributed by atoms with van der Waals surface area (Å²) in [4.78, 5) is 25.8. The minimum atomic E-state index is -0.462. The van der Waals surface area contributed by atoms with Crippen LogP contribution in [0.25, 0.3) is 0 Å². The van der Waals surface area contributed by atoms with Crippen molar-refractivity contribution in [1.29, 1.82) is 0 Å². The van der Waals surface area contributed by atoms with Crippen LogP contribution in [0.2, 0.25) is 0 Å². The number of likely N-dealkylation sites (tertiary alicyclic amines) is 1. The van der Waals surface area contributed by atoms with Crippen LogP contribution in [0.1, 0.15) is 44.0 Å². The molecule has 4 nitrogen and oxygen atoms in total. The summed E-state index contributed by atoms with van der Waals surface area (Å²) in [5.41, 5.74) is 0.241. The third-order valence-electron chi connectivity index (χ3n) is 3.77. The van der Waals surface area contributed by atoms with Crippen molar-refractivity contribution in [3.05, 3.63) is 48.0 Å². The first-order chi connectivity index (χ1) is 10.8. The second-order valence-electron chi connectivity index (χ2n) is 6.89. The number of nitrogens with zero attached hydrogens (tertiary/aromatic N) is 1. The molecule has 0 aliphatic carbocycles. The second kappa shape index (κ2) is 7.44. The zero-order chi connectivity index (χ0) is 16.9. The highest BCUT2D eigenvalue weighted by Gasteiger charge is 2.25. The fourth-order valence-corrected chi connectivity index (χ4v) is 2.52. The minimum absolute atomic E-state index is 0.0279. The highest BCUT2D eigenvalue weighted by molar-refractivity contribution is 6.04. The van der Waals surface area contributed by atoms with Gasteiger partial charge in [0.25, 0.3) is 0 Å². The van der Waals surface area contributed by atoms with Gasteiger partial charge in [-0.15, -0.1) is 0 Å². The van der Waals surface area contributed by atoms with E-state index in [1.54, 1.807) is 11.0 Å². The van der Waals surface area contributed by atoms with Crippen molar-refractivity contribution in [1.82, 2.24) is 4.90 Å². The van der Waals surface area contributed by atoms with E-state index in [0.717, 1.165) is 12.8 Å². The number of piperidine rings is 1. The van der Waals surface area contributed by atoms with E-state index in [9.17, 15) is 9.59 Å². The quantitative estimate of drug-likeness (QED) is 0.624. The molecule has 0 N–H and O–H groups in total. The van der Waals surface area contributed by atoms with E-state index in [1.807, 2.05) is 57.2 Å². The van der Waals surface area contributed by atoms with Gasteiger partial charge in [-0.3, -0.25) is 4.79 Å². The molecule has 1 aliphatic rings. The van der Waals surface area contributed by atoms with E-state index >= 15 is 0 Å². The van der Waals surface area contributed by atoms with Crippen LogP contribution in [0.5, 0.6) is 0 Å². The van der Waals surface area contributed by atoms with Crippen molar-refractivity contribution < 1.29 is 14.3 Å². The zero-order valence-corrected chi connectivity index (χ0v) is 14.1. The molecule has 1 amide bonds. The summed E-state index contributed by atoms with van der Waals surface area (Å²) >= 11 is 0. The fraction of sp³-hybridized carbons (Fsp3) is 0.474. The Bertz CT molecular complexity index is 564. The number of hydrogen-bond donors (Lipinski definition) is 0. The molecule has 1 aliphatic heterocycles. The average molecular weight is 315 g/mol. The van der Waals surface area contributed by atoms with Gasteiger partial charge >= 0.3 is 6.09 Å². The molecule has 1 fully saturated rings. The van der Waals surface area contributed by atoms with Gasteiger partial charge in [-0.05, 0) is 45.6 Å². The third kappa shape index (κ3) is 5.55. The Morgan fingerprint density at radius 1 is 1.13 bits per heavy atom. The first-order valence-electron chi connectivity index (χ1n) is 8.11. The van der Waals surface area contributed by atoms with Crippen LogP contribution in [0, 0.1) is 5.92 Å². The number of ketones is 1.